The first-order valence-corrected chi connectivity index (χ1v) is 6.84. The van der Waals surface area contributed by atoms with Gasteiger partial charge in [0.2, 0.25) is 0 Å². The van der Waals surface area contributed by atoms with Gasteiger partial charge in [0.05, 0.1) is 6.61 Å². The van der Waals surface area contributed by atoms with E-state index in [4.69, 9.17) is 4.74 Å². The van der Waals surface area contributed by atoms with Gasteiger partial charge in [0.15, 0.2) is 0 Å². The van der Waals surface area contributed by atoms with Crippen molar-refractivity contribution in [3.05, 3.63) is 27.7 Å². The summed E-state index contributed by atoms with van der Waals surface area (Å²) >= 11 is 3.48. The van der Waals surface area contributed by atoms with E-state index in [2.05, 4.69) is 32.6 Å². The highest BCUT2D eigenvalue weighted by molar-refractivity contribution is 9.10. The highest BCUT2D eigenvalue weighted by Gasteiger charge is 2.17. The maximum absolute atomic E-state index is 11.5. The number of halogens is 1. The van der Waals surface area contributed by atoms with Crippen LogP contribution in [0, 0.1) is 0 Å². The third-order valence-electron chi connectivity index (χ3n) is 2.68. The molecule has 5 heteroatoms. The Hall–Kier alpha value is -1.23. The Morgan fingerprint density at radius 2 is 2.28 bits per heavy atom. The van der Waals surface area contributed by atoms with Gasteiger partial charge in [-0.05, 0) is 31.5 Å². The van der Waals surface area contributed by atoms with E-state index in [0.29, 0.717) is 6.54 Å². The molecule has 2 amide bonds. The normalized spacial score (nSPS) is 13.1. The molecule has 0 radical (unpaired) electrons. The number of benzene rings is 1. The van der Waals surface area contributed by atoms with Crippen molar-refractivity contribution in [3.8, 4) is 5.75 Å². The van der Waals surface area contributed by atoms with Crippen molar-refractivity contribution in [1.29, 1.82) is 0 Å². The van der Waals surface area contributed by atoms with E-state index in [9.17, 15) is 4.79 Å². The van der Waals surface area contributed by atoms with Crippen LogP contribution in [0.3, 0.4) is 0 Å². The number of nitrogens with one attached hydrogen (secondary N) is 2. The number of hydrogen-bond donors (Lipinski definition) is 2. The zero-order chi connectivity index (χ0) is 13.1. The van der Waals surface area contributed by atoms with Crippen molar-refractivity contribution in [3.63, 3.8) is 0 Å². The van der Waals surface area contributed by atoms with Crippen LogP contribution in [0.5, 0.6) is 5.75 Å². The molecule has 0 fully saturated rings. The highest BCUT2D eigenvalue weighted by atomic mass is 79.9. The summed E-state index contributed by atoms with van der Waals surface area (Å²) in [6, 6.07) is 4.03. The number of rotatable bonds is 3. The second-order valence-corrected chi connectivity index (χ2v) is 5.55. The van der Waals surface area contributed by atoms with Gasteiger partial charge >= 0.3 is 6.03 Å². The molecule has 0 saturated carbocycles. The van der Waals surface area contributed by atoms with E-state index in [-0.39, 0.29) is 12.1 Å². The van der Waals surface area contributed by atoms with Gasteiger partial charge in [-0.3, -0.25) is 0 Å². The molecular weight excluding hydrogens is 296 g/mol. The van der Waals surface area contributed by atoms with E-state index < -0.39 is 0 Å². The highest BCUT2D eigenvalue weighted by Crippen LogP contribution is 2.32. The van der Waals surface area contributed by atoms with Crippen LogP contribution in [0.25, 0.3) is 0 Å². The lowest BCUT2D eigenvalue weighted by atomic mass is 10.1. The lowest BCUT2D eigenvalue weighted by molar-refractivity contribution is 0.238. The third kappa shape index (κ3) is 3.16. The Bertz CT molecular complexity index is 461. The Kier molecular flexibility index (Phi) is 4.11. The second-order valence-electron chi connectivity index (χ2n) is 4.63. The molecule has 2 rings (SSSR count). The molecule has 1 heterocycles. The summed E-state index contributed by atoms with van der Waals surface area (Å²) in [6.45, 7) is 5.05. The van der Waals surface area contributed by atoms with Gasteiger partial charge < -0.3 is 15.4 Å². The minimum absolute atomic E-state index is 0.134. The number of urea groups is 1. The molecule has 0 saturated heterocycles. The fourth-order valence-electron chi connectivity index (χ4n) is 1.97. The number of hydrogen-bond acceptors (Lipinski definition) is 2. The van der Waals surface area contributed by atoms with Crippen molar-refractivity contribution in [2.24, 2.45) is 0 Å². The Morgan fingerprint density at radius 3 is 3.00 bits per heavy atom. The average Bonchev–Trinajstić information content (AvgIpc) is 2.72. The SMILES string of the molecule is CC(C)NC(=O)NCc1cc(Br)cc2c1OCC2. The Morgan fingerprint density at radius 1 is 1.50 bits per heavy atom. The summed E-state index contributed by atoms with van der Waals surface area (Å²) in [5.41, 5.74) is 2.21. The zero-order valence-corrected chi connectivity index (χ0v) is 12.1. The maximum Gasteiger partial charge on any atom is 0.315 e. The van der Waals surface area contributed by atoms with Gasteiger partial charge in [0.25, 0.3) is 0 Å². The molecule has 0 atom stereocenters. The topological polar surface area (TPSA) is 50.4 Å². The Labute approximate surface area is 115 Å². The van der Waals surface area contributed by atoms with Gasteiger partial charge in [0, 0.05) is 29.0 Å². The number of amides is 2. The van der Waals surface area contributed by atoms with Crippen LogP contribution in [-0.2, 0) is 13.0 Å². The molecule has 1 aliphatic rings. The fraction of sp³-hybridized carbons (Fsp3) is 0.462. The van der Waals surface area contributed by atoms with Gasteiger partial charge in [-0.1, -0.05) is 15.9 Å². The largest absolute Gasteiger partial charge is 0.493 e. The molecule has 1 aromatic rings. The third-order valence-corrected chi connectivity index (χ3v) is 3.14. The summed E-state index contributed by atoms with van der Waals surface area (Å²) in [6.07, 6.45) is 0.931. The standard InChI is InChI=1S/C13H17BrN2O2/c1-8(2)16-13(17)15-7-10-6-11(14)5-9-3-4-18-12(9)10/h5-6,8H,3-4,7H2,1-2H3,(H2,15,16,17). The summed E-state index contributed by atoms with van der Waals surface area (Å²) < 4.78 is 6.63. The molecular formula is C13H17BrN2O2. The predicted octanol–water partition coefficient (Wildman–Crippen LogP) is 2.59. The van der Waals surface area contributed by atoms with Crippen molar-refractivity contribution >= 4 is 22.0 Å². The van der Waals surface area contributed by atoms with E-state index in [1.54, 1.807) is 0 Å². The first kappa shape index (κ1) is 13.2. The Balaban J connectivity index is 2.04. The number of fused-ring (bicyclic) bond motifs is 1. The van der Waals surface area contributed by atoms with Gasteiger partial charge in [-0.15, -0.1) is 0 Å². The smallest absolute Gasteiger partial charge is 0.315 e. The monoisotopic (exact) mass is 312 g/mol. The molecule has 98 valence electrons. The fourth-order valence-corrected chi connectivity index (χ4v) is 2.52. The predicted molar refractivity (Wildman–Crippen MR) is 73.8 cm³/mol. The van der Waals surface area contributed by atoms with Crippen LogP contribution in [0.1, 0.15) is 25.0 Å². The summed E-state index contributed by atoms with van der Waals surface area (Å²) in [5.74, 6) is 0.919. The van der Waals surface area contributed by atoms with E-state index in [0.717, 1.165) is 28.8 Å². The van der Waals surface area contributed by atoms with Crippen molar-refractivity contribution in [2.45, 2.75) is 32.9 Å². The van der Waals surface area contributed by atoms with Crippen LogP contribution in [-0.4, -0.2) is 18.7 Å². The average molecular weight is 313 g/mol. The number of ether oxygens (including phenoxy) is 1. The molecule has 1 aliphatic heterocycles. The minimum Gasteiger partial charge on any atom is -0.493 e. The lowest BCUT2D eigenvalue weighted by Crippen LogP contribution is -2.39. The molecule has 4 nitrogen and oxygen atoms in total. The molecule has 18 heavy (non-hydrogen) atoms. The lowest BCUT2D eigenvalue weighted by Gasteiger charge is -2.12. The van der Waals surface area contributed by atoms with Crippen LogP contribution >= 0.6 is 15.9 Å². The first-order chi connectivity index (χ1) is 8.56. The van der Waals surface area contributed by atoms with Gasteiger partial charge in [-0.2, -0.15) is 0 Å². The molecule has 2 N–H and O–H groups in total. The maximum atomic E-state index is 11.5. The second kappa shape index (κ2) is 5.61. The minimum atomic E-state index is -0.156. The van der Waals surface area contributed by atoms with E-state index >= 15 is 0 Å². The van der Waals surface area contributed by atoms with Crippen LogP contribution in [0.2, 0.25) is 0 Å². The van der Waals surface area contributed by atoms with E-state index in [1.807, 2.05) is 19.9 Å². The van der Waals surface area contributed by atoms with Crippen molar-refractivity contribution in [2.75, 3.05) is 6.61 Å². The zero-order valence-electron chi connectivity index (χ0n) is 10.5. The van der Waals surface area contributed by atoms with Crippen LogP contribution < -0.4 is 15.4 Å². The van der Waals surface area contributed by atoms with Gasteiger partial charge in [0.1, 0.15) is 5.75 Å². The number of carbonyl (C=O) groups excluding carboxylic acids is 1. The van der Waals surface area contributed by atoms with Crippen LogP contribution in [0.15, 0.2) is 16.6 Å². The van der Waals surface area contributed by atoms with Gasteiger partial charge in [-0.25, -0.2) is 4.79 Å². The molecule has 1 aromatic carbocycles. The number of carbonyl (C=O) groups is 1. The summed E-state index contributed by atoms with van der Waals surface area (Å²) in [5, 5.41) is 5.63. The van der Waals surface area contributed by atoms with Crippen molar-refractivity contribution < 1.29 is 9.53 Å². The molecule has 0 aliphatic carbocycles. The molecule has 0 bridgehead atoms. The van der Waals surface area contributed by atoms with E-state index in [1.165, 1.54) is 5.56 Å². The van der Waals surface area contributed by atoms with Crippen LogP contribution in [0.4, 0.5) is 4.79 Å². The quantitative estimate of drug-likeness (QED) is 0.901. The first-order valence-electron chi connectivity index (χ1n) is 6.04. The summed E-state index contributed by atoms with van der Waals surface area (Å²) in [4.78, 5) is 11.5. The molecule has 0 unspecified atom stereocenters. The summed E-state index contributed by atoms with van der Waals surface area (Å²) in [7, 11) is 0. The molecule has 0 aromatic heterocycles. The molecule has 0 spiro atoms. The van der Waals surface area contributed by atoms with Crippen molar-refractivity contribution in [1.82, 2.24) is 10.6 Å².